The van der Waals surface area contributed by atoms with Gasteiger partial charge in [-0.15, -0.1) is 0 Å². The predicted molar refractivity (Wildman–Crippen MR) is 92.6 cm³/mol. The van der Waals surface area contributed by atoms with E-state index in [1.807, 2.05) is 4.90 Å². The molecule has 8 heteroatoms. The highest BCUT2D eigenvalue weighted by Crippen LogP contribution is 2.24. The Labute approximate surface area is 145 Å². The van der Waals surface area contributed by atoms with E-state index in [1.165, 1.54) is 10.6 Å². The van der Waals surface area contributed by atoms with Crippen LogP contribution < -0.4 is 15.8 Å². The van der Waals surface area contributed by atoms with Crippen LogP contribution in [0.3, 0.4) is 0 Å². The van der Waals surface area contributed by atoms with Crippen LogP contribution in [0.4, 0.5) is 5.82 Å². The smallest absolute Gasteiger partial charge is 0.263 e. The summed E-state index contributed by atoms with van der Waals surface area (Å²) in [4.78, 5) is 34.6. The number of β-amino-alcohol motifs (C(OH)–C–C–N with tert-alkyl or cyclic N) is 1. The number of pyridine rings is 1. The molecule has 2 aromatic heterocycles. The van der Waals surface area contributed by atoms with Crippen molar-refractivity contribution in [3.05, 3.63) is 52.3 Å². The summed E-state index contributed by atoms with van der Waals surface area (Å²) in [5.41, 5.74) is -0.573. The van der Waals surface area contributed by atoms with E-state index in [0.717, 1.165) is 5.69 Å². The summed E-state index contributed by atoms with van der Waals surface area (Å²) in [5.74, 6) is 0.212. The Morgan fingerprint density at radius 2 is 2.20 bits per heavy atom. The number of anilines is 1. The number of amides is 1. The Kier molecular flexibility index (Phi) is 4.54. The van der Waals surface area contributed by atoms with Crippen molar-refractivity contribution in [2.45, 2.75) is 18.9 Å². The molecule has 0 spiro atoms. The number of nitrogens with zero attached hydrogens (tertiary/aromatic N) is 4. The van der Waals surface area contributed by atoms with Crippen molar-refractivity contribution in [2.24, 2.45) is 7.05 Å². The number of rotatable bonds is 4. The normalized spacial score (nSPS) is 19.9. The number of aryl methyl sites for hydroxylation is 1. The third kappa shape index (κ3) is 3.53. The third-order valence-electron chi connectivity index (χ3n) is 4.58. The van der Waals surface area contributed by atoms with E-state index >= 15 is 0 Å². The number of hydrogen-bond donors (Lipinski definition) is 2. The summed E-state index contributed by atoms with van der Waals surface area (Å²) >= 11 is 0. The quantitative estimate of drug-likeness (QED) is 0.801. The van der Waals surface area contributed by atoms with Gasteiger partial charge in [-0.2, -0.15) is 0 Å². The minimum Gasteiger partial charge on any atom is -0.386 e. The van der Waals surface area contributed by atoms with E-state index in [-0.39, 0.29) is 17.7 Å². The van der Waals surface area contributed by atoms with Crippen molar-refractivity contribution >= 4 is 11.7 Å². The van der Waals surface area contributed by atoms with E-state index in [0.29, 0.717) is 25.3 Å². The topological polar surface area (TPSA) is 100 Å². The highest BCUT2D eigenvalue weighted by atomic mass is 16.3. The third-order valence-corrected chi connectivity index (χ3v) is 4.58. The maximum absolute atomic E-state index is 12.3. The SMILES string of the molecule is Cc1ccc(C(=O)NC[C@]2(O)CCN(c3cnccn3)C2)c(=O)n1C. The van der Waals surface area contributed by atoms with Crippen LogP contribution in [0.1, 0.15) is 22.5 Å². The van der Waals surface area contributed by atoms with Gasteiger partial charge in [0.05, 0.1) is 6.20 Å². The van der Waals surface area contributed by atoms with Crippen molar-refractivity contribution < 1.29 is 9.90 Å². The number of aliphatic hydroxyl groups is 1. The molecular formula is C17H21N5O3. The standard InChI is InChI=1S/C17H21N5O3/c1-12-3-4-13(16(24)21(12)2)15(23)20-10-17(25)5-8-22(11-17)14-9-18-6-7-19-14/h3-4,6-7,9,25H,5,8,10-11H2,1-2H3,(H,20,23)/t17-/m1/s1. The Hall–Kier alpha value is -2.74. The minimum absolute atomic E-state index is 0.0691. The summed E-state index contributed by atoms with van der Waals surface area (Å²) in [6, 6.07) is 3.23. The zero-order valence-electron chi connectivity index (χ0n) is 14.3. The van der Waals surface area contributed by atoms with Crippen molar-refractivity contribution in [3.8, 4) is 0 Å². The molecular weight excluding hydrogens is 322 g/mol. The molecule has 1 aliphatic heterocycles. The molecule has 0 bridgehead atoms. The number of hydrogen-bond acceptors (Lipinski definition) is 6. The van der Waals surface area contributed by atoms with E-state index in [9.17, 15) is 14.7 Å². The summed E-state index contributed by atoms with van der Waals surface area (Å²) in [7, 11) is 1.62. The molecule has 0 radical (unpaired) electrons. The van der Waals surface area contributed by atoms with E-state index < -0.39 is 11.5 Å². The van der Waals surface area contributed by atoms with Gasteiger partial charge < -0.3 is 19.9 Å². The molecule has 1 aliphatic rings. The number of nitrogens with one attached hydrogen (secondary N) is 1. The molecule has 1 fully saturated rings. The van der Waals surface area contributed by atoms with Gasteiger partial charge in [-0.05, 0) is 25.5 Å². The number of aromatic nitrogens is 3. The fourth-order valence-electron chi connectivity index (χ4n) is 2.89. The molecule has 1 saturated heterocycles. The Balaban J connectivity index is 1.65. The predicted octanol–water partition coefficient (Wildman–Crippen LogP) is -0.145. The number of carbonyl (C=O) groups excluding carboxylic acids is 1. The van der Waals surface area contributed by atoms with Crippen molar-refractivity contribution in [3.63, 3.8) is 0 Å². The molecule has 0 saturated carbocycles. The lowest BCUT2D eigenvalue weighted by molar-refractivity contribution is 0.0575. The van der Waals surface area contributed by atoms with Gasteiger partial charge in [0.25, 0.3) is 11.5 Å². The second-order valence-corrected chi connectivity index (χ2v) is 6.39. The van der Waals surface area contributed by atoms with Gasteiger partial charge in [-0.25, -0.2) is 4.98 Å². The van der Waals surface area contributed by atoms with Crippen LogP contribution in [-0.2, 0) is 7.05 Å². The first-order valence-corrected chi connectivity index (χ1v) is 8.08. The average molecular weight is 343 g/mol. The minimum atomic E-state index is -1.07. The summed E-state index contributed by atoms with van der Waals surface area (Å²) in [5, 5.41) is 13.4. The molecule has 132 valence electrons. The first-order chi connectivity index (χ1) is 11.9. The van der Waals surface area contributed by atoms with Crippen LogP contribution in [0.25, 0.3) is 0 Å². The van der Waals surface area contributed by atoms with Gasteiger partial charge in [0.1, 0.15) is 17.0 Å². The molecule has 2 aromatic rings. The Morgan fingerprint density at radius 1 is 1.40 bits per heavy atom. The molecule has 8 nitrogen and oxygen atoms in total. The lowest BCUT2D eigenvalue weighted by Gasteiger charge is -2.24. The summed E-state index contributed by atoms with van der Waals surface area (Å²) in [6.45, 7) is 2.83. The molecule has 2 N–H and O–H groups in total. The molecule has 3 rings (SSSR count). The monoisotopic (exact) mass is 343 g/mol. The zero-order chi connectivity index (χ0) is 18.0. The molecule has 1 atom stereocenters. The van der Waals surface area contributed by atoms with Gasteiger partial charge in [0, 0.05) is 44.8 Å². The first kappa shape index (κ1) is 17.1. The van der Waals surface area contributed by atoms with Crippen LogP contribution in [0.5, 0.6) is 0 Å². The summed E-state index contributed by atoms with van der Waals surface area (Å²) < 4.78 is 1.43. The second-order valence-electron chi connectivity index (χ2n) is 6.39. The second kappa shape index (κ2) is 6.64. The molecule has 1 amide bonds. The van der Waals surface area contributed by atoms with Gasteiger partial charge in [-0.3, -0.25) is 14.6 Å². The summed E-state index contributed by atoms with van der Waals surface area (Å²) in [6.07, 6.45) is 5.33. The van der Waals surface area contributed by atoms with Crippen molar-refractivity contribution in [1.82, 2.24) is 19.9 Å². The van der Waals surface area contributed by atoms with Gasteiger partial charge >= 0.3 is 0 Å². The molecule has 0 aliphatic carbocycles. The van der Waals surface area contributed by atoms with Crippen LogP contribution in [-0.4, -0.2) is 50.8 Å². The number of carbonyl (C=O) groups is 1. The molecule has 0 aromatic carbocycles. The van der Waals surface area contributed by atoms with Gasteiger partial charge in [-0.1, -0.05) is 0 Å². The fraction of sp³-hybridized carbons (Fsp3) is 0.412. The van der Waals surface area contributed by atoms with Crippen molar-refractivity contribution in [1.29, 1.82) is 0 Å². The highest BCUT2D eigenvalue weighted by Gasteiger charge is 2.37. The lowest BCUT2D eigenvalue weighted by atomic mass is 10.0. The van der Waals surface area contributed by atoms with E-state index in [2.05, 4.69) is 15.3 Å². The highest BCUT2D eigenvalue weighted by molar-refractivity contribution is 5.93. The zero-order valence-corrected chi connectivity index (χ0v) is 14.3. The van der Waals surface area contributed by atoms with Crippen molar-refractivity contribution in [2.75, 3.05) is 24.5 Å². The van der Waals surface area contributed by atoms with Crippen LogP contribution in [0, 0.1) is 6.92 Å². The molecule has 3 heterocycles. The Bertz CT molecular complexity index is 836. The maximum Gasteiger partial charge on any atom is 0.263 e. The lowest BCUT2D eigenvalue weighted by Crippen LogP contribution is -2.46. The van der Waals surface area contributed by atoms with Crippen LogP contribution in [0.2, 0.25) is 0 Å². The van der Waals surface area contributed by atoms with Crippen LogP contribution >= 0.6 is 0 Å². The average Bonchev–Trinajstić information content (AvgIpc) is 3.01. The van der Waals surface area contributed by atoms with Gasteiger partial charge in [0.2, 0.25) is 0 Å². The van der Waals surface area contributed by atoms with Gasteiger partial charge in [0.15, 0.2) is 0 Å². The molecule has 0 unspecified atom stereocenters. The largest absolute Gasteiger partial charge is 0.386 e. The Morgan fingerprint density at radius 3 is 2.92 bits per heavy atom. The van der Waals surface area contributed by atoms with E-state index in [4.69, 9.17) is 0 Å². The first-order valence-electron chi connectivity index (χ1n) is 8.08. The fourth-order valence-corrected chi connectivity index (χ4v) is 2.89. The maximum atomic E-state index is 12.3. The molecule has 25 heavy (non-hydrogen) atoms. The van der Waals surface area contributed by atoms with E-state index in [1.54, 1.807) is 38.6 Å². The van der Waals surface area contributed by atoms with Crippen LogP contribution in [0.15, 0.2) is 35.5 Å².